The molecule has 0 bridgehead atoms. The van der Waals surface area contributed by atoms with Gasteiger partial charge < -0.3 is 15.3 Å². The van der Waals surface area contributed by atoms with Gasteiger partial charge in [-0.3, -0.25) is 0 Å². The van der Waals surface area contributed by atoms with Crippen molar-refractivity contribution in [1.82, 2.24) is 10.2 Å². The van der Waals surface area contributed by atoms with Gasteiger partial charge in [0, 0.05) is 12.4 Å². The van der Waals surface area contributed by atoms with E-state index in [1.165, 1.54) is 89.9 Å². The zero-order valence-corrected chi connectivity index (χ0v) is 14.8. The monoisotopic (exact) mass is 320 g/mol. The maximum absolute atomic E-state index is 10.6. The maximum atomic E-state index is 10.6. The van der Waals surface area contributed by atoms with Crippen LogP contribution in [0.3, 0.4) is 0 Å². The van der Waals surface area contributed by atoms with Gasteiger partial charge in [-0.15, -0.1) is 0 Å². The summed E-state index contributed by atoms with van der Waals surface area (Å²) >= 11 is 0. The molecule has 2 N–H and O–H groups in total. The lowest BCUT2D eigenvalue weighted by molar-refractivity contribution is 0.142. The first-order valence-corrected chi connectivity index (χ1v) is 10.3. The van der Waals surface area contributed by atoms with Crippen LogP contribution in [0.4, 0.5) is 0 Å². The van der Waals surface area contributed by atoms with Gasteiger partial charge in [0.15, 0.2) is 0 Å². The predicted octanol–water partition coefficient (Wildman–Crippen LogP) is 4.67. The third-order valence-electron chi connectivity index (χ3n) is 6.17. The van der Waals surface area contributed by atoms with Crippen LogP contribution in [-0.2, 0) is 0 Å². The van der Waals surface area contributed by atoms with Crippen LogP contribution in [-0.4, -0.2) is 27.8 Å². The SMILES string of the molecule is OC1CCCCCCCCCCCCCCCC23NC=CN2C13. The lowest BCUT2D eigenvalue weighted by Gasteiger charge is -2.16. The van der Waals surface area contributed by atoms with Gasteiger partial charge in [0.1, 0.15) is 5.66 Å². The lowest BCUT2D eigenvalue weighted by atomic mass is 9.97. The number of hydrogen-bond acceptors (Lipinski definition) is 3. The van der Waals surface area contributed by atoms with E-state index in [2.05, 4.69) is 22.6 Å². The fourth-order valence-electron chi connectivity index (χ4n) is 4.73. The first kappa shape index (κ1) is 17.1. The summed E-state index contributed by atoms with van der Waals surface area (Å²) in [5, 5.41) is 14.1. The highest BCUT2D eigenvalue weighted by Gasteiger charge is 2.65. The van der Waals surface area contributed by atoms with Crippen LogP contribution in [0.2, 0.25) is 0 Å². The van der Waals surface area contributed by atoms with E-state index < -0.39 is 0 Å². The average molecular weight is 321 g/mol. The Bertz CT molecular complexity index is 384. The minimum Gasteiger partial charge on any atom is -0.391 e. The number of rotatable bonds is 0. The highest BCUT2D eigenvalue weighted by molar-refractivity contribution is 5.27. The molecular weight excluding hydrogens is 284 g/mol. The Labute approximate surface area is 142 Å². The van der Waals surface area contributed by atoms with Crippen molar-refractivity contribution < 1.29 is 5.11 Å². The van der Waals surface area contributed by atoms with Crippen molar-refractivity contribution in [2.45, 2.75) is 114 Å². The number of nitrogens with zero attached hydrogens (tertiary/aromatic N) is 1. The van der Waals surface area contributed by atoms with Gasteiger partial charge >= 0.3 is 0 Å². The van der Waals surface area contributed by atoms with Crippen LogP contribution < -0.4 is 5.32 Å². The standard InChI is InChI=1S/C20H36N2O/c23-18-14-12-10-8-6-4-2-1-3-5-7-9-11-13-15-20-19(18)22(20)17-16-21-20/h16-19,21,23H,1-15H2. The second kappa shape index (κ2) is 8.41. The minimum absolute atomic E-state index is 0.0743. The topological polar surface area (TPSA) is 35.3 Å². The molecule has 3 rings (SSSR count). The maximum Gasteiger partial charge on any atom is 0.133 e. The van der Waals surface area contributed by atoms with Crippen LogP contribution in [0.15, 0.2) is 12.4 Å². The van der Waals surface area contributed by atoms with Crippen molar-refractivity contribution in [1.29, 1.82) is 0 Å². The predicted molar refractivity (Wildman–Crippen MR) is 95.9 cm³/mol. The fourth-order valence-corrected chi connectivity index (χ4v) is 4.73. The average Bonchev–Trinajstić information content (AvgIpc) is 2.98. The van der Waals surface area contributed by atoms with Crippen molar-refractivity contribution in [3.05, 3.63) is 12.4 Å². The van der Waals surface area contributed by atoms with Gasteiger partial charge in [-0.25, -0.2) is 0 Å². The zero-order chi connectivity index (χ0) is 16.0. The van der Waals surface area contributed by atoms with E-state index >= 15 is 0 Å². The number of nitrogens with one attached hydrogen (secondary N) is 1. The van der Waals surface area contributed by atoms with E-state index in [1.807, 2.05) is 0 Å². The molecule has 1 saturated carbocycles. The number of fused-ring (bicyclic) bond motifs is 1. The van der Waals surface area contributed by atoms with Gasteiger partial charge in [0.2, 0.25) is 0 Å². The summed E-state index contributed by atoms with van der Waals surface area (Å²) in [6, 6.07) is 0.325. The van der Waals surface area contributed by atoms with Crippen LogP contribution >= 0.6 is 0 Å². The van der Waals surface area contributed by atoms with Gasteiger partial charge in [0.25, 0.3) is 0 Å². The molecule has 0 aromatic rings. The molecular formula is C20H36N2O. The van der Waals surface area contributed by atoms with E-state index in [1.54, 1.807) is 0 Å². The molecule has 0 aromatic carbocycles. The van der Waals surface area contributed by atoms with Gasteiger partial charge in [-0.05, 0) is 19.3 Å². The van der Waals surface area contributed by atoms with Gasteiger partial charge in [-0.2, -0.15) is 0 Å². The van der Waals surface area contributed by atoms with E-state index in [9.17, 15) is 5.11 Å². The third kappa shape index (κ3) is 4.23. The van der Waals surface area contributed by atoms with Gasteiger partial charge in [0.05, 0.1) is 12.1 Å². The van der Waals surface area contributed by atoms with Crippen molar-refractivity contribution in [3.63, 3.8) is 0 Å². The summed E-state index contributed by atoms with van der Waals surface area (Å²) < 4.78 is 0. The van der Waals surface area contributed by atoms with Crippen molar-refractivity contribution >= 4 is 0 Å². The van der Waals surface area contributed by atoms with Crippen LogP contribution in [0.5, 0.6) is 0 Å². The molecule has 3 nitrogen and oxygen atoms in total. The van der Waals surface area contributed by atoms with E-state index in [0.29, 0.717) is 6.04 Å². The minimum atomic E-state index is -0.161. The molecule has 3 aliphatic rings. The summed E-state index contributed by atoms with van der Waals surface area (Å²) in [6.07, 6.45) is 24.0. The quantitative estimate of drug-likeness (QED) is 0.637. The Morgan fingerprint density at radius 3 is 1.91 bits per heavy atom. The molecule has 132 valence electrons. The Morgan fingerprint density at radius 2 is 1.30 bits per heavy atom. The second-order valence-corrected chi connectivity index (χ2v) is 7.94. The number of hydrogen-bond donors (Lipinski definition) is 2. The molecule has 2 fully saturated rings. The van der Waals surface area contributed by atoms with Gasteiger partial charge in [-0.1, -0.05) is 77.0 Å². The highest BCUT2D eigenvalue weighted by Crippen LogP contribution is 2.48. The molecule has 0 aromatic heterocycles. The summed E-state index contributed by atoms with van der Waals surface area (Å²) in [5.41, 5.74) is 0.0743. The molecule has 2 heterocycles. The number of aliphatic hydroxyl groups is 1. The smallest absolute Gasteiger partial charge is 0.133 e. The molecule has 23 heavy (non-hydrogen) atoms. The molecule has 3 atom stereocenters. The molecule has 0 radical (unpaired) electrons. The Balaban J connectivity index is 1.47. The zero-order valence-electron chi connectivity index (χ0n) is 14.8. The summed E-state index contributed by atoms with van der Waals surface area (Å²) in [7, 11) is 0. The van der Waals surface area contributed by atoms with Crippen LogP contribution in [0.1, 0.15) is 96.3 Å². The first-order chi connectivity index (χ1) is 11.3. The Morgan fingerprint density at radius 1 is 0.783 bits per heavy atom. The number of aliphatic hydroxyl groups excluding tert-OH is 1. The largest absolute Gasteiger partial charge is 0.391 e. The van der Waals surface area contributed by atoms with E-state index in [-0.39, 0.29) is 11.8 Å². The van der Waals surface area contributed by atoms with E-state index in [0.717, 1.165) is 6.42 Å². The highest BCUT2D eigenvalue weighted by atomic mass is 16.3. The Kier molecular flexibility index (Phi) is 6.27. The van der Waals surface area contributed by atoms with Crippen LogP contribution in [0.25, 0.3) is 0 Å². The summed E-state index contributed by atoms with van der Waals surface area (Å²) in [4.78, 5) is 2.37. The molecule has 3 unspecified atom stereocenters. The normalized spacial score (nSPS) is 37.2. The second-order valence-electron chi connectivity index (χ2n) is 7.94. The van der Waals surface area contributed by atoms with Crippen LogP contribution in [0, 0.1) is 0 Å². The molecule has 3 heteroatoms. The van der Waals surface area contributed by atoms with Crippen molar-refractivity contribution in [2.24, 2.45) is 0 Å². The van der Waals surface area contributed by atoms with Crippen molar-refractivity contribution in [2.75, 3.05) is 0 Å². The van der Waals surface area contributed by atoms with Crippen molar-refractivity contribution in [3.8, 4) is 0 Å². The third-order valence-corrected chi connectivity index (χ3v) is 6.17. The summed E-state index contributed by atoms with van der Waals surface area (Å²) in [5.74, 6) is 0. The fraction of sp³-hybridized carbons (Fsp3) is 0.900. The molecule has 0 amide bonds. The summed E-state index contributed by atoms with van der Waals surface area (Å²) in [6.45, 7) is 0. The molecule has 1 spiro atoms. The molecule has 1 saturated heterocycles. The molecule has 1 aliphatic carbocycles. The Hall–Kier alpha value is -0.700. The lowest BCUT2D eigenvalue weighted by Crippen LogP contribution is -2.34. The first-order valence-electron chi connectivity index (χ1n) is 10.3. The van der Waals surface area contributed by atoms with E-state index in [4.69, 9.17) is 0 Å². The molecule has 2 aliphatic heterocycles.